The van der Waals surface area contributed by atoms with Gasteiger partial charge in [0.15, 0.2) is 12.8 Å². The molecular weight excluding hydrogens is 422 g/mol. The quantitative estimate of drug-likeness (QED) is 0.482. The van der Waals surface area contributed by atoms with E-state index in [-0.39, 0.29) is 24.6 Å². The zero-order valence-electron chi connectivity index (χ0n) is 19.1. The first-order valence-corrected chi connectivity index (χ1v) is 11.1. The predicted molar refractivity (Wildman–Crippen MR) is 123 cm³/mol. The SMILES string of the molecule is Cc1ccccc1N(C)C(=O)OCC#CC1NC(C(=O)N(C)C2CC2)=C(N(C=O)C2CC2)N1. The minimum absolute atomic E-state index is 0.102. The van der Waals surface area contributed by atoms with Crippen LogP contribution in [0.5, 0.6) is 0 Å². The molecule has 2 aliphatic carbocycles. The second-order valence-electron chi connectivity index (χ2n) is 8.56. The second kappa shape index (κ2) is 9.45. The number of nitrogens with zero attached hydrogens (tertiary/aromatic N) is 3. The molecule has 174 valence electrons. The average Bonchev–Trinajstić information content (AvgIpc) is 3.74. The molecule has 0 saturated heterocycles. The molecule has 3 amide bonds. The summed E-state index contributed by atoms with van der Waals surface area (Å²) in [6.45, 7) is 1.82. The van der Waals surface area contributed by atoms with Gasteiger partial charge in [-0.2, -0.15) is 0 Å². The van der Waals surface area contributed by atoms with Gasteiger partial charge >= 0.3 is 6.09 Å². The molecule has 0 bridgehead atoms. The Labute approximate surface area is 193 Å². The Bertz CT molecular complexity index is 1030. The topological polar surface area (TPSA) is 94.2 Å². The van der Waals surface area contributed by atoms with Crippen LogP contribution in [-0.4, -0.2) is 67.2 Å². The Hall–Kier alpha value is -3.67. The minimum Gasteiger partial charge on any atom is -0.436 e. The van der Waals surface area contributed by atoms with Crippen LogP contribution in [0.2, 0.25) is 0 Å². The fourth-order valence-corrected chi connectivity index (χ4v) is 3.75. The maximum Gasteiger partial charge on any atom is 0.414 e. The molecule has 0 spiro atoms. The second-order valence-corrected chi connectivity index (χ2v) is 8.56. The molecule has 3 aliphatic rings. The molecule has 1 aromatic rings. The minimum atomic E-state index is -0.569. The maximum atomic E-state index is 13.0. The summed E-state index contributed by atoms with van der Waals surface area (Å²) < 4.78 is 5.27. The van der Waals surface area contributed by atoms with Crippen LogP contribution in [0.15, 0.2) is 35.8 Å². The molecule has 4 rings (SSSR count). The van der Waals surface area contributed by atoms with Gasteiger partial charge < -0.3 is 20.3 Å². The zero-order valence-corrected chi connectivity index (χ0v) is 19.1. The zero-order chi connectivity index (χ0) is 23.5. The molecule has 2 fully saturated rings. The van der Waals surface area contributed by atoms with Crippen LogP contribution in [0, 0.1) is 18.8 Å². The summed E-state index contributed by atoms with van der Waals surface area (Å²) >= 11 is 0. The van der Waals surface area contributed by atoms with E-state index in [1.165, 1.54) is 4.90 Å². The van der Waals surface area contributed by atoms with Crippen molar-refractivity contribution in [2.45, 2.75) is 50.9 Å². The number of hydrogen-bond acceptors (Lipinski definition) is 6. The van der Waals surface area contributed by atoms with Crippen molar-refractivity contribution in [3.63, 3.8) is 0 Å². The Kier molecular flexibility index (Phi) is 6.45. The number of hydrogen-bond donors (Lipinski definition) is 2. The largest absolute Gasteiger partial charge is 0.436 e. The highest BCUT2D eigenvalue weighted by Crippen LogP contribution is 2.31. The summed E-state index contributed by atoms with van der Waals surface area (Å²) in [5.74, 6) is 6.06. The van der Waals surface area contributed by atoms with Crippen LogP contribution in [0.25, 0.3) is 0 Å². The highest BCUT2D eigenvalue weighted by Gasteiger charge is 2.40. The lowest BCUT2D eigenvalue weighted by Gasteiger charge is -2.21. The van der Waals surface area contributed by atoms with E-state index in [9.17, 15) is 14.4 Å². The van der Waals surface area contributed by atoms with Crippen LogP contribution in [0.1, 0.15) is 31.2 Å². The summed E-state index contributed by atoms with van der Waals surface area (Å²) in [7, 11) is 3.42. The van der Waals surface area contributed by atoms with Crippen molar-refractivity contribution in [3.8, 4) is 11.8 Å². The molecule has 9 nitrogen and oxygen atoms in total. The third-order valence-corrected chi connectivity index (χ3v) is 6.01. The number of amides is 3. The summed E-state index contributed by atoms with van der Waals surface area (Å²) in [4.78, 5) is 41.8. The number of benzene rings is 1. The molecule has 2 saturated carbocycles. The van der Waals surface area contributed by atoms with Crippen LogP contribution in [-0.2, 0) is 14.3 Å². The van der Waals surface area contributed by atoms with Crippen molar-refractivity contribution in [1.82, 2.24) is 20.4 Å². The van der Waals surface area contributed by atoms with Crippen LogP contribution in [0.4, 0.5) is 10.5 Å². The predicted octanol–water partition coefficient (Wildman–Crippen LogP) is 1.50. The standard InChI is InChI=1S/C24H29N5O4/c1-16-7-4-5-8-19(16)28(3)24(32)33-14-6-9-20-25-21(23(31)27(2)17-10-11-17)22(26-20)29(15-30)18-12-13-18/h4-5,7-8,15,17-18,20,25-26H,10-14H2,1-3H3. The van der Waals surface area contributed by atoms with E-state index in [1.54, 1.807) is 23.9 Å². The van der Waals surface area contributed by atoms with Crippen LogP contribution < -0.4 is 15.5 Å². The molecule has 1 aromatic carbocycles. The van der Waals surface area contributed by atoms with E-state index in [0.29, 0.717) is 11.5 Å². The molecular formula is C24H29N5O4. The van der Waals surface area contributed by atoms with Gasteiger partial charge in [0.25, 0.3) is 5.91 Å². The van der Waals surface area contributed by atoms with Gasteiger partial charge in [0.1, 0.15) is 11.5 Å². The van der Waals surface area contributed by atoms with Crippen molar-refractivity contribution in [2.75, 3.05) is 25.6 Å². The van der Waals surface area contributed by atoms with Gasteiger partial charge in [-0.3, -0.25) is 19.4 Å². The Morgan fingerprint density at radius 1 is 1.12 bits per heavy atom. The summed E-state index contributed by atoms with van der Waals surface area (Å²) in [6.07, 6.45) is 3.47. The molecule has 1 heterocycles. The van der Waals surface area contributed by atoms with Gasteiger partial charge in [0.2, 0.25) is 6.41 Å². The number of para-hydroxylation sites is 1. The van der Waals surface area contributed by atoms with Crippen molar-refractivity contribution in [2.24, 2.45) is 0 Å². The van der Waals surface area contributed by atoms with Gasteiger partial charge in [-0.1, -0.05) is 30.0 Å². The van der Waals surface area contributed by atoms with E-state index in [0.717, 1.165) is 43.3 Å². The third kappa shape index (κ3) is 5.06. The number of ether oxygens (including phenoxy) is 1. The number of carbonyl (C=O) groups excluding carboxylic acids is 3. The van der Waals surface area contributed by atoms with Crippen LogP contribution in [0.3, 0.4) is 0 Å². The lowest BCUT2D eigenvalue weighted by Crippen LogP contribution is -2.37. The number of anilines is 1. The monoisotopic (exact) mass is 451 g/mol. The first-order valence-electron chi connectivity index (χ1n) is 11.1. The van der Waals surface area contributed by atoms with Crippen molar-refractivity contribution >= 4 is 24.1 Å². The molecule has 0 aromatic heterocycles. The van der Waals surface area contributed by atoms with E-state index in [2.05, 4.69) is 22.5 Å². The molecule has 2 N–H and O–H groups in total. The van der Waals surface area contributed by atoms with E-state index in [4.69, 9.17) is 4.74 Å². The molecule has 0 radical (unpaired) electrons. The third-order valence-electron chi connectivity index (χ3n) is 6.01. The summed E-state index contributed by atoms with van der Waals surface area (Å²) in [5.41, 5.74) is 2.07. The number of likely N-dealkylation sites (N-methyl/N-ethyl adjacent to an activating group) is 1. The van der Waals surface area contributed by atoms with Gasteiger partial charge in [-0.05, 0) is 44.2 Å². The molecule has 1 aliphatic heterocycles. The van der Waals surface area contributed by atoms with Gasteiger partial charge in [-0.15, -0.1) is 0 Å². The number of nitrogens with one attached hydrogen (secondary N) is 2. The highest BCUT2D eigenvalue weighted by molar-refractivity contribution is 5.94. The average molecular weight is 452 g/mol. The normalized spacial score (nSPS) is 18.9. The summed E-state index contributed by atoms with van der Waals surface area (Å²) in [6, 6.07) is 7.88. The number of carbonyl (C=O) groups is 3. The molecule has 33 heavy (non-hydrogen) atoms. The van der Waals surface area contributed by atoms with Crippen molar-refractivity contribution in [1.29, 1.82) is 0 Å². The van der Waals surface area contributed by atoms with E-state index >= 15 is 0 Å². The highest BCUT2D eigenvalue weighted by atomic mass is 16.6. The first kappa shape index (κ1) is 22.5. The van der Waals surface area contributed by atoms with Crippen molar-refractivity contribution < 1.29 is 19.1 Å². The lowest BCUT2D eigenvalue weighted by molar-refractivity contribution is -0.126. The van der Waals surface area contributed by atoms with Crippen molar-refractivity contribution in [3.05, 3.63) is 41.3 Å². The Balaban J connectivity index is 1.38. The number of rotatable bonds is 7. The number of aryl methyl sites for hydroxylation is 1. The van der Waals surface area contributed by atoms with Gasteiger partial charge in [0.05, 0.1) is 0 Å². The maximum absolute atomic E-state index is 13.0. The van der Waals surface area contributed by atoms with Gasteiger partial charge in [-0.25, -0.2) is 4.79 Å². The molecule has 9 heteroatoms. The van der Waals surface area contributed by atoms with Crippen LogP contribution >= 0.6 is 0 Å². The van der Waals surface area contributed by atoms with Gasteiger partial charge in [0, 0.05) is 31.9 Å². The lowest BCUT2D eigenvalue weighted by atomic mass is 10.2. The fourth-order valence-electron chi connectivity index (χ4n) is 3.75. The van der Waals surface area contributed by atoms with E-state index < -0.39 is 12.3 Å². The van der Waals surface area contributed by atoms with E-state index in [1.807, 2.05) is 31.2 Å². The molecule has 1 atom stereocenters. The first-order chi connectivity index (χ1) is 15.9. The molecule has 1 unspecified atom stereocenters. The fraction of sp³-hybridized carbons (Fsp3) is 0.458. The Morgan fingerprint density at radius 2 is 1.82 bits per heavy atom. The summed E-state index contributed by atoms with van der Waals surface area (Å²) in [5, 5.41) is 6.24. The Morgan fingerprint density at radius 3 is 2.45 bits per heavy atom. The smallest absolute Gasteiger partial charge is 0.414 e.